The average molecular weight is 410 g/mol. The summed E-state index contributed by atoms with van der Waals surface area (Å²) in [7, 11) is 0. The largest absolute Gasteiger partial charge is 0.341 e. The molecule has 0 amide bonds. The van der Waals surface area contributed by atoms with E-state index in [2.05, 4.69) is 22.0 Å². The van der Waals surface area contributed by atoms with Gasteiger partial charge in [0.25, 0.3) is 0 Å². The Morgan fingerprint density at radius 1 is 0.903 bits per heavy atom. The minimum Gasteiger partial charge on any atom is -0.341 e. The highest BCUT2D eigenvalue weighted by Gasteiger charge is 2.23. The Labute approximate surface area is 182 Å². The molecule has 1 saturated carbocycles. The number of fused-ring (bicyclic) bond motifs is 1. The lowest BCUT2D eigenvalue weighted by Crippen LogP contribution is -2.17. The number of nitrogens with one attached hydrogen (secondary N) is 1. The molecule has 2 aromatic carbocycles. The highest BCUT2D eigenvalue weighted by molar-refractivity contribution is 5.86. The van der Waals surface area contributed by atoms with Gasteiger partial charge in [0.2, 0.25) is 0 Å². The Bertz CT molecular complexity index is 1260. The molecule has 0 unspecified atom stereocenters. The van der Waals surface area contributed by atoms with E-state index in [9.17, 15) is 4.79 Å². The highest BCUT2D eigenvalue weighted by atomic mass is 16.1. The van der Waals surface area contributed by atoms with Gasteiger partial charge in [-0.15, -0.1) is 0 Å². The van der Waals surface area contributed by atoms with E-state index in [4.69, 9.17) is 4.98 Å². The maximum atomic E-state index is 13.5. The fourth-order valence-electron chi connectivity index (χ4n) is 4.79. The molecular formula is C27H27N3O. The third-order valence-electron chi connectivity index (χ3n) is 6.20. The van der Waals surface area contributed by atoms with Crippen molar-refractivity contribution in [1.82, 2.24) is 9.55 Å². The lowest BCUT2D eigenvalue weighted by Gasteiger charge is -2.24. The van der Waals surface area contributed by atoms with Crippen LogP contribution >= 0.6 is 0 Å². The van der Waals surface area contributed by atoms with E-state index < -0.39 is 0 Å². The second-order valence-corrected chi connectivity index (χ2v) is 8.43. The molecule has 31 heavy (non-hydrogen) atoms. The van der Waals surface area contributed by atoms with Gasteiger partial charge in [-0.2, -0.15) is 0 Å². The zero-order valence-corrected chi connectivity index (χ0v) is 17.8. The standard InChI is InChI=1S/C27H27N3O/c1-19-17-23-26(27(28-19)20-11-5-2-6-12-20)24(31)18-25(29-21-13-7-3-8-14-21)30(23)22-15-9-4-10-16-22/h3-4,7-10,13-18,20,29H,2,5-6,11-12H2,1H3. The van der Waals surface area contributed by atoms with E-state index in [-0.39, 0.29) is 5.43 Å². The summed E-state index contributed by atoms with van der Waals surface area (Å²) in [6.45, 7) is 2.03. The highest BCUT2D eigenvalue weighted by Crippen LogP contribution is 2.36. The zero-order chi connectivity index (χ0) is 21.2. The number of rotatable bonds is 4. The number of nitrogens with zero attached hydrogens (tertiary/aromatic N) is 2. The molecule has 0 saturated heterocycles. The van der Waals surface area contributed by atoms with Gasteiger partial charge in [-0.05, 0) is 50.1 Å². The Balaban J connectivity index is 1.79. The van der Waals surface area contributed by atoms with Crippen molar-refractivity contribution in [1.29, 1.82) is 0 Å². The average Bonchev–Trinajstić information content (AvgIpc) is 2.80. The quantitative estimate of drug-likeness (QED) is 0.419. The van der Waals surface area contributed by atoms with Gasteiger partial charge in [-0.1, -0.05) is 55.7 Å². The molecule has 4 aromatic rings. The minimum atomic E-state index is 0.0358. The lowest BCUT2D eigenvalue weighted by molar-refractivity contribution is 0.438. The molecule has 4 heteroatoms. The fourth-order valence-corrected chi connectivity index (χ4v) is 4.79. The molecule has 1 N–H and O–H groups in total. The fraction of sp³-hybridized carbons (Fsp3) is 0.259. The predicted octanol–water partition coefficient (Wildman–Crippen LogP) is 6.49. The van der Waals surface area contributed by atoms with Gasteiger partial charge in [-0.3, -0.25) is 14.3 Å². The second-order valence-electron chi connectivity index (χ2n) is 8.43. The minimum absolute atomic E-state index is 0.0358. The van der Waals surface area contributed by atoms with Crippen LogP contribution in [0.2, 0.25) is 0 Å². The number of hydrogen-bond donors (Lipinski definition) is 1. The van der Waals surface area contributed by atoms with Gasteiger partial charge in [0.1, 0.15) is 5.82 Å². The van der Waals surface area contributed by atoms with Crippen molar-refractivity contribution >= 4 is 22.4 Å². The van der Waals surface area contributed by atoms with Gasteiger partial charge in [-0.25, -0.2) is 0 Å². The third-order valence-corrected chi connectivity index (χ3v) is 6.20. The van der Waals surface area contributed by atoms with Crippen LogP contribution in [0.3, 0.4) is 0 Å². The zero-order valence-electron chi connectivity index (χ0n) is 17.8. The Morgan fingerprint density at radius 2 is 1.58 bits per heavy atom. The molecule has 0 atom stereocenters. The SMILES string of the molecule is Cc1cc2c(c(C3CCCCC3)n1)c(=O)cc(Nc1ccccc1)n2-c1ccccc1. The molecule has 0 aliphatic heterocycles. The van der Waals surface area contributed by atoms with Crippen LogP contribution in [0.5, 0.6) is 0 Å². The normalized spacial score (nSPS) is 14.6. The first kappa shape index (κ1) is 19.6. The Morgan fingerprint density at radius 3 is 2.29 bits per heavy atom. The topological polar surface area (TPSA) is 46.9 Å². The summed E-state index contributed by atoms with van der Waals surface area (Å²) in [5.74, 6) is 1.12. The van der Waals surface area contributed by atoms with Gasteiger partial charge in [0, 0.05) is 29.1 Å². The van der Waals surface area contributed by atoms with E-state index in [0.29, 0.717) is 5.92 Å². The van der Waals surface area contributed by atoms with Gasteiger partial charge in [0.05, 0.1) is 16.6 Å². The molecule has 2 aromatic heterocycles. The summed E-state index contributed by atoms with van der Waals surface area (Å²) >= 11 is 0. The summed E-state index contributed by atoms with van der Waals surface area (Å²) in [4.78, 5) is 18.4. The summed E-state index contributed by atoms with van der Waals surface area (Å²) in [5, 5.41) is 4.23. The van der Waals surface area contributed by atoms with E-state index in [1.807, 2.05) is 61.5 Å². The molecule has 5 rings (SSSR count). The molecular weight excluding hydrogens is 382 g/mol. The van der Waals surface area contributed by atoms with Gasteiger partial charge < -0.3 is 5.32 Å². The van der Waals surface area contributed by atoms with Crippen molar-refractivity contribution in [3.63, 3.8) is 0 Å². The summed E-state index contributed by atoms with van der Waals surface area (Å²) in [6.07, 6.45) is 5.92. The van der Waals surface area contributed by atoms with Gasteiger partial charge >= 0.3 is 0 Å². The van der Waals surface area contributed by atoms with Crippen LogP contribution in [-0.4, -0.2) is 9.55 Å². The Hall–Kier alpha value is -3.40. The molecule has 0 radical (unpaired) electrons. The summed E-state index contributed by atoms with van der Waals surface area (Å²) in [5.41, 5.74) is 4.86. The number of aromatic nitrogens is 2. The summed E-state index contributed by atoms with van der Waals surface area (Å²) in [6, 6.07) is 24.0. The monoisotopic (exact) mass is 409 g/mol. The number of para-hydroxylation sites is 2. The molecule has 0 bridgehead atoms. The van der Waals surface area contributed by atoms with Crippen LogP contribution in [0, 0.1) is 6.92 Å². The number of pyridine rings is 2. The van der Waals surface area contributed by atoms with Crippen molar-refractivity contribution in [2.75, 3.05) is 5.32 Å². The van der Waals surface area contributed by atoms with Crippen LogP contribution in [0.15, 0.2) is 77.6 Å². The van der Waals surface area contributed by atoms with Crippen molar-refractivity contribution in [3.8, 4) is 5.69 Å². The van der Waals surface area contributed by atoms with Crippen molar-refractivity contribution in [2.45, 2.75) is 44.9 Å². The van der Waals surface area contributed by atoms with Crippen LogP contribution in [0.25, 0.3) is 16.6 Å². The van der Waals surface area contributed by atoms with Crippen molar-refractivity contribution < 1.29 is 0 Å². The maximum absolute atomic E-state index is 13.5. The molecule has 4 nitrogen and oxygen atoms in total. The van der Waals surface area contributed by atoms with Gasteiger partial charge in [0.15, 0.2) is 5.43 Å². The molecule has 2 heterocycles. The first-order chi connectivity index (χ1) is 15.2. The van der Waals surface area contributed by atoms with E-state index in [1.165, 1.54) is 19.3 Å². The van der Waals surface area contributed by atoms with Crippen LogP contribution in [-0.2, 0) is 0 Å². The molecule has 0 spiro atoms. The van der Waals surface area contributed by atoms with E-state index >= 15 is 0 Å². The predicted molar refractivity (Wildman–Crippen MR) is 128 cm³/mol. The lowest BCUT2D eigenvalue weighted by atomic mass is 9.85. The number of hydrogen-bond acceptors (Lipinski definition) is 3. The summed E-state index contributed by atoms with van der Waals surface area (Å²) < 4.78 is 2.16. The Kier molecular flexibility index (Phi) is 5.29. The first-order valence-corrected chi connectivity index (χ1v) is 11.2. The molecule has 1 aliphatic carbocycles. The molecule has 1 aliphatic rings. The molecule has 1 fully saturated rings. The van der Waals surface area contributed by atoms with Crippen LogP contribution in [0.1, 0.15) is 49.4 Å². The smallest absolute Gasteiger partial charge is 0.193 e. The van der Waals surface area contributed by atoms with Crippen molar-refractivity contribution in [3.05, 3.63) is 94.4 Å². The second kappa shape index (κ2) is 8.38. The number of anilines is 2. The number of benzene rings is 2. The van der Waals surface area contributed by atoms with E-state index in [0.717, 1.165) is 52.3 Å². The third kappa shape index (κ3) is 3.86. The van der Waals surface area contributed by atoms with Crippen LogP contribution < -0.4 is 10.7 Å². The number of aryl methyl sites for hydroxylation is 1. The molecule has 156 valence electrons. The van der Waals surface area contributed by atoms with E-state index in [1.54, 1.807) is 6.07 Å². The maximum Gasteiger partial charge on any atom is 0.193 e. The van der Waals surface area contributed by atoms with Crippen molar-refractivity contribution in [2.24, 2.45) is 0 Å². The van der Waals surface area contributed by atoms with Crippen LogP contribution in [0.4, 0.5) is 11.5 Å². The first-order valence-electron chi connectivity index (χ1n) is 11.2.